The predicted octanol–water partition coefficient (Wildman–Crippen LogP) is 4.68. The van der Waals surface area contributed by atoms with Gasteiger partial charge in [-0.2, -0.15) is 0 Å². The first-order valence-corrected chi connectivity index (χ1v) is 7.46. The molecule has 20 heavy (non-hydrogen) atoms. The Morgan fingerprint density at radius 3 is 2.45 bits per heavy atom. The minimum absolute atomic E-state index is 0.361. The number of nitrogens with one attached hydrogen (secondary N) is 2. The molecule has 0 aromatic heterocycles. The van der Waals surface area contributed by atoms with Crippen LogP contribution in [0.2, 0.25) is 0 Å². The molecule has 2 aromatic rings. The maximum absolute atomic E-state index is 3.71. The lowest BCUT2D eigenvalue weighted by Crippen LogP contribution is -2.38. The molecule has 2 N–H and O–H groups in total. The van der Waals surface area contributed by atoms with Gasteiger partial charge < -0.3 is 10.6 Å². The Kier molecular flexibility index (Phi) is 3.64. The van der Waals surface area contributed by atoms with E-state index in [4.69, 9.17) is 0 Å². The van der Waals surface area contributed by atoms with Crippen LogP contribution in [0.4, 0.5) is 11.4 Å². The van der Waals surface area contributed by atoms with Crippen molar-refractivity contribution < 1.29 is 0 Å². The summed E-state index contributed by atoms with van der Waals surface area (Å²) in [6, 6.07) is 20.0. The summed E-state index contributed by atoms with van der Waals surface area (Å²) in [6.45, 7) is 4.58. The average Bonchev–Trinajstić information content (AvgIpc) is 2.51. The van der Waals surface area contributed by atoms with E-state index in [-0.39, 0.29) is 0 Å². The van der Waals surface area contributed by atoms with Crippen LogP contribution >= 0.6 is 0 Å². The molecule has 2 heteroatoms. The lowest BCUT2D eigenvalue weighted by atomic mass is 9.82. The second kappa shape index (κ2) is 5.58. The van der Waals surface area contributed by atoms with Crippen molar-refractivity contribution in [3.05, 3.63) is 60.2 Å². The fourth-order valence-corrected chi connectivity index (χ4v) is 3.14. The van der Waals surface area contributed by atoms with Crippen molar-refractivity contribution in [3.8, 4) is 0 Å². The summed E-state index contributed by atoms with van der Waals surface area (Å²) in [4.78, 5) is 0. The van der Waals surface area contributed by atoms with Gasteiger partial charge in [0.1, 0.15) is 0 Å². The van der Waals surface area contributed by atoms with E-state index in [1.54, 1.807) is 0 Å². The zero-order valence-corrected chi connectivity index (χ0v) is 12.1. The van der Waals surface area contributed by atoms with Crippen LogP contribution in [0.25, 0.3) is 0 Å². The van der Waals surface area contributed by atoms with Crippen molar-refractivity contribution in [1.29, 1.82) is 0 Å². The number of anilines is 2. The lowest BCUT2D eigenvalue weighted by Gasteiger charge is -2.39. The summed E-state index contributed by atoms with van der Waals surface area (Å²) in [7, 11) is 0. The zero-order chi connectivity index (χ0) is 13.9. The maximum atomic E-state index is 3.71. The Labute approximate surface area is 121 Å². The Morgan fingerprint density at radius 1 is 1.00 bits per heavy atom. The van der Waals surface area contributed by atoms with Crippen LogP contribution in [-0.4, -0.2) is 6.04 Å². The molecule has 2 aromatic carbocycles. The van der Waals surface area contributed by atoms with Crippen LogP contribution in [0.15, 0.2) is 54.6 Å². The van der Waals surface area contributed by atoms with Gasteiger partial charge in [0.2, 0.25) is 0 Å². The van der Waals surface area contributed by atoms with E-state index in [1.807, 2.05) is 0 Å². The lowest BCUT2D eigenvalue weighted by molar-refractivity contribution is 0.400. The van der Waals surface area contributed by atoms with Gasteiger partial charge in [0.25, 0.3) is 0 Å². The number of para-hydroxylation sites is 2. The van der Waals surface area contributed by atoms with Gasteiger partial charge in [0.05, 0.1) is 6.04 Å². The largest absolute Gasteiger partial charge is 0.382 e. The Bertz CT molecular complexity index is 565. The second-order valence-electron chi connectivity index (χ2n) is 5.59. The molecule has 104 valence electrons. The summed E-state index contributed by atoms with van der Waals surface area (Å²) >= 11 is 0. The van der Waals surface area contributed by atoms with Crippen molar-refractivity contribution in [2.24, 2.45) is 5.92 Å². The smallest absolute Gasteiger partial charge is 0.0579 e. The van der Waals surface area contributed by atoms with E-state index in [2.05, 4.69) is 79.1 Å². The Morgan fingerprint density at radius 2 is 1.70 bits per heavy atom. The molecule has 3 rings (SSSR count). The molecular weight excluding hydrogens is 244 g/mol. The minimum atomic E-state index is 0.361. The van der Waals surface area contributed by atoms with Crippen LogP contribution in [0.1, 0.15) is 31.9 Å². The fraction of sp³-hybridized carbons (Fsp3) is 0.333. The summed E-state index contributed by atoms with van der Waals surface area (Å²) < 4.78 is 0. The van der Waals surface area contributed by atoms with Gasteiger partial charge in [-0.05, 0) is 30.2 Å². The third-order valence-corrected chi connectivity index (χ3v) is 4.33. The van der Waals surface area contributed by atoms with Crippen molar-refractivity contribution in [1.82, 2.24) is 0 Å². The average molecular weight is 266 g/mol. The second-order valence-corrected chi connectivity index (χ2v) is 5.59. The Hall–Kier alpha value is -1.96. The first kappa shape index (κ1) is 13.0. The highest BCUT2D eigenvalue weighted by Crippen LogP contribution is 2.39. The minimum Gasteiger partial charge on any atom is -0.382 e. The van der Waals surface area contributed by atoms with E-state index in [0.29, 0.717) is 18.0 Å². The standard InChI is InChI=1S/C18H22N2/c1-3-16-13(2)18(19-14-9-5-4-6-10-14)15-11-7-8-12-17(15)20-16/h4-13,16,18-20H,3H2,1-2H3/t13-,16+,18-/m0/s1. The predicted molar refractivity (Wildman–Crippen MR) is 86.1 cm³/mol. The summed E-state index contributed by atoms with van der Waals surface area (Å²) in [5.74, 6) is 0.551. The molecule has 0 unspecified atom stereocenters. The normalized spacial score (nSPS) is 24.6. The number of fused-ring (bicyclic) bond motifs is 1. The highest BCUT2D eigenvalue weighted by Gasteiger charge is 2.32. The van der Waals surface area contributed by atoms with E-state index in [0.717, 1.165) is 6.42 Å². The molecule has 1 aliphatic heterocycles. The van der Waals surface area contributed by atoms with E-state index < -0.39 is 0 Å². The van der Waals surface area contributed by atoms with Crippen LogP contribution < -0.4 is 10.6 Å². The molecule has 0 saturated heterocycles. The van der Waals surface area contributed by atoms with Crippen molar-refractivity contribution in [3.63, 3.8) is 0 Å². The first-order valence-electron chi connectivity index (χ1n) is 7.46. The zero-order valence-electron chi connectivity index (χ0n) is 12.1. The SMILES string of the molecule is CC[C@H]1Nc2ccccc2[C@@H](Nc2ccccc2)[C@H]1C. The van der Waals surface area contributed by atoms with E-state index in [9.17, 15) is 0 Å². The Balaban J connectivity index is 1.95. The molecule has 0 saturated carbocycles. The number of hydrogen-bond acceptors (Lipinski definition) is 2. The van der Waals surface area contributed by atoms with Gasteiger partial charge >= 0.3 is 0 Å². The molecule has 3 atom stereocenters. The molecule has 0 radical (unpaired) electrons. The fourth-order valence-electron chi connectivity index (χ4n) is 3.14. The third kappa shape index (κ3) is 2.38. The molecule has 1 heterocycles. The molecule has 0 bridgehead atoms. The van der Waals surface area contributed by atoms with Crippen LogP contribution in [0.5, 0.6) is 0 Å². The van der Waals surface area contributed by atoms with Gasteiger partial charge in [0.15, 0.2) is 0 Å². The third-order valence-electron chi connectivity index (χ3n) is 4.33. The van der Waals surface area contributed by atoms with Crippen LogP contribution in [0.3, 0.4) is 0 Å². The van der Waals surface area contributed by atoms with Gasteiger partial charge in [-0.1, -0.05) is 50.2 Å². The van der Waals surface area contributed by atoms with Crippen molar-refractivity contribution in [2.75, 3.05) is 10.6 Å². The molecule has 2 nitrogen and oxygen atoms in total. The van der Waals surface area contributed by atoms with E-state index >= 15 is 0 Å². The maximum Gasteiger partial charge on any atom is 0.0579 e. The first-order chi connectivity index (χ1) is 9.79. The highest BCUT2D eigenvalue weighted by molar-refractivity contribution is 5.59. The quantitative estimate of drug-likeness (QED) is 0.843. The molecule has 0 aliphatic carbocycles. The molecule has 0 spiro atoms. The van der Waals surface area contributed by atoms with Crippen LogP contribution in [-0.2, 0) is 0 Å². The highest BCUT2D eigenvalue weighted by atomic mass is 15.0. The number of hydrogen-bond donors (Lipinski definition) is 2. The topological polar surface area (TPSA) is 24.1 Å². The summed E-state index contributed by atoms with van der Waals surface area (Å²) in [5, 5.41) is 7.38. The summed E-state index contributed by atoms with van der Waals surface area (Å²) in [6.07, 6.45) is 1.14. The van der Waals surface area contributed by atoms with Gasteiger partial charge in [-0.25, -0.2) is 0 Å². The monoisotopic (exact) mass is 266 g/mol. The summed E-state index contributed by atoms with van der Waals surface area (Å²) in [5.41, 5.74) is 3.83. The molecular formula is C18H22N2. The molecule has 1 aliphatic rings. The number of benzene rings is 2. The van der Waals surface area contributed by atoms with Gasteiger partial charge in [-0.3, -0.25) is 0 Å². The van der Waals surface area contributed by atoms with Crippen molar-refractivity contribution in [2.45, 2.75) is 32.4 Å². The van der Waals surface area contributed by atoms with Gasteiger partial charge in [-0.15, -0.1) is 0 Å². The van der Waals surface area contributed by atoms with Crippen molar-refractivity contribution >= 4 is 11.4 Å². The van der Waals surface area contributed by atoms with Crippen LogP contribution in [0, 0.1) is 5.92 Å². The molecule has 0 amide bonds. The molecule has 0 fully saturated rings. The number of rotatable bonds is 3. The van der Waals surface area contributed by atoms with Gasteiger partial charge in [0, 0.05) is 23.3 Å². The van der Waals surface area contributed by atoms with E-state index in [1.165, 1.54) is 16.9 Å².